The topological polar surface area (TPSA) is 103 Å². The zero-order valence-electron chi connectivity index (χ0n) is 17.9. The van der Waals surface area contributed by atoms with Crippen LogP contribution in [0.15, 0.2) is 42.7 Å². The number of aromatic nitrogens is 2. The summed E-state index contributed by atoms with van der Waals surface area (Å²) in [6.07, 6.45) is 8.75. The number of pyridine rings is 1. The van der Waals surface area contributed by atoms with Crippen molar-refractivity contribution in [2.24, 2.45) is 0 Å². The molecule has 0 bridgehead atoms. The molecular weight excluding hydrogens is 452 g/mol. The van der Waals surface area contributed by atoms with E-state index < -0.39 is 0 Å². The molecule has 3 N–H and O–H groups in total. The van der Waals surface area contributed by atoms with Crippen molar-refractivity contribution in [3.63, 3.8) is 0 Å². The summed E-state index contributed by atoms with van der Waals surface area (Å²) in [6, 6.07) is 11.3. The number of thiophene rings is 1. The minimum absolute atomic E-state index is 0.319. The lowest BCUT2D eigenvalue weighted by Gasteiger charge is -2.14. The summed E-state index contributed by atoms with van der Waals surface area (Å²) < 4.78 is 0. The van der Waals surface area contributed by atoms with Gasteiger partial charge in [0, 0.05) is 46.2 Å². The Morgan fingerprint density at radius 1 is 1.06 bits per heavy atom. The van der Waals surface area contributed by atoms with E-state index in [1.807, 2.05) is 30.3 Å². The summed E-state index contributed by atoms with van der Waals surface area (Å²) >= 11 is 3.20. The van der Waals surface area contributed by atoms with E-state index in [4.69, 9.17) is 0 Å². The van der Waals surface area contributed by atoms with Crippen molar-refractivity contribution in [3.05, 3.63) is 63.6 Å². The minimum atomic E-state index is -0.319. The molecule has 1 aliphatic rings. The molecule has 166 valence electrons. The van der Waals surface area contributed by atoms with Crippen LogP contribution in [0, 0.1) is 11.3 Å². The maximum atomic E-state index is 12.2. The lowest BCUT2D eigenvalue weighted by atomic mass is 9.95. The van der Waals surface area contributed by atoms with Crippen LogP contribution in [0.25, 0.3) is 10.2 Å². The molecule has 7 nitrogen and oxygen atoms in total. The summed E-state index contributed by atoms with van der Waals surface area (Å²) in [5.74, 6) is 0. The van der Waals surface area contributed by atoms with Gasteiger partial charge in [-0.2, -0.15) is 5.26 Å². The molecule has 0 unspecified atom stereocenters. The Bertz CT molecular complexity index is 1340. The fourth-order valence-electron chi connectivity index (χ4n) is 4.06. The van der Waals surface area contributed by atoms with Crippen LogP contribution in [-0.2, 0) is 19.3 Å². The number of hydrogen-bond acceptors (Lipinski definition) is 7. The third-order valence-electron chi connectivity index (χ3n) is 5.58. The van der Waals surface area contributed by atoms with Gasteiger partial charge in [-0.25, -0.2) is 14.8 Å². The molecule has 5 rings (SSSR count). The van der Waals surface area contributed by atoms with Gasteiger partial charge >= 0.3 is 6.03 Å². The van der Waals surface area contributed by atoms with Crippen LogP contribution in [0.5, 0.6) is 0 Å². The fraction of sp³-hybridized carbons (Fsp3) is 0.250. The van der Waals surface area contributed by atoms with Gasteiger partial charge in [0.05, 0.1) is 11.3 Å². The Labute approximate surface area is 199 Å². The van der Waals surface area contributed by atoms with E-state index in [1.165, 1.54) is 34.6 Å². The number of para-hydroxylation sites is 1. The first-order valence-corrected chi connectivity index (χ1v) is 12.5. The number of anilines is 3. The van der Waals surface area contributed by atoms with Gasteiger partial charge in [0.25, 0.3) is 0 Å². The van der Waals surface area contributed by atoms with Crippen molar-refractivity contribution in [2.75, 3.05) is 22.5 Å². The van der Waals surface area contributed by atoms with E-state index in [-0.39, 0.29) is 6.03 Å². The number of nitrogens with zero attached hydrogens (tertiary/aromatic N) is 3. The molecule has 3 aromatic heterocycles. The molecule has 0 saturated carbocycles. The van der Waals surface area contributed by atoms with Crippen LogP contribution in [-0.4, -0.2) is 22.5 Å². The van der Waals surface area contributed by atoms with Gasteiger partial charge in [-0.1, -0.05) is 18.2 Å². The highest BCUT2D eigenvalue weighted by atomic mass is 32.1. The van der Waals surface area contributed by atoms with Gasteiger partial charge in [-0.15, -0.1) is 22.7 Å². The Balaban J connectivity index is 1.24. The second kappa shape index (κ2) is 9.57. The Hall–Kier alpha value is -3.48. The third kappa shape index (κ3) is 4.67. The minimum Gasteiger partial charge on any atom is -0.383 e. The molecule has 0 aliphatic heterocycles. The third-order valence-corrected chi connectivity index (χ3v) is 7.75. The van der Waals surface area contributed by atoms with Gasteiger partial charge < -0.3 is 10.6 Å². The quantitative estimate of drug-likeness (QED) is 0.328. The molecule has 0 saturated heterocycles. The zero-order valence-corrected chi connectivity index (χ0v) is 19.5. The van der Waals surface area contributed by atoms with Gasteiger partial charge in [0.2, 0.25) is 0 Å². The first-order chi connectivity index (χ1) is 16.2. The maximum absolute atomic E-state index is 12.2. The highest BCUT2D eigenvalue weighted by Crippen LogP contribution is 2.40. The average molecular weight is 475 g/mol. The lowest BCUT2D eigenvalue weighted by molar-refractivity contribution is 0.262. The number of benzene rings is 1. The second-order valence-corrected chi connectivity index (χ2v) is 10.0. The molecular formula is C24H22N6OS2. The predicted octanol–water partition coefficient (Wildman–Crippen LogP) is 5.80. The molecule has 1 aromatic carbocycles. The summed E-state index contributed by atoms with van der Waals surface area (Å²) in [5, 5.41) is 20.4. The van der Waals surface area contributed by atoms with E-state index in [0.29, 0.717) is 17.2 Å². The summed E-state index contributed by atoms with van der Waals surface area (Å²) in [5.41, 5.74) is 3.57. The molecule has 33 heavy (non-hydrogen) atoms. The highest BCUT2D eigenvalue weighted by Gasteiger charge is 2.21. The van der Waals surface area contributed by atoms with Gasteiger partial charge in [0.15, 0.2) is 5.13 Å². The summed E-state index contributed by atoms with van der Waals surface area (Å²) in [6.45, 7) is 0.663. The van der Waals surface area contributed by atoms with Crippen LogP contribution in [0.2, 0.25) is 0 Å². The summed E-state index contributed by atoms with van der Waals surface area (Å²) in [4.78, 5) is 24.5. The van der Waals surface area contributed by atoms with Crippen LogP contribution in [0.1, 0.15) is 33.7 Å². The second-order valence-electron chi connectivity index (χ2n) is 7.80. The van der Waals surface area contributed by atoms with Crippen LogP contribution in [0.3, 0.4) is 0 Å². The standard InChI is InChI=1S/C24H22N6OS2/c25-12-15-13-27-22-20(18-8-4-5-9-19(18)33-22)21(15)26-11-10-17-14-28-24(32-17)30-23(31)29-16-6-2-1-3-7-16/h1-3,6-7,13-14H,4-5,8-11H2,(H,26,27)(H2,28,29,30,31). The number of fused-ring (bicyclic) bond motifs is 3. The number of hydrogen-bond donors (Lipinski definition) is 3. The van der Waals surface area contributed by atoms with Gasteiger partial charge in [0.1, 0.15) is 10.9 Å². The lowest BCUT2D eigenvalue weighted by Crippen LogP contribution is -2.19. The average Bonchev–Trinajstić information content (AvgIpc) is 3.43. The highest BCUT2D eigenvalue weighted by molar-refractivity contribution is 7.19. The molecule has 3 heterocycles. The summed E-state index contributed by atoms with van der Waals surface area (Å²) in [7, 11) is 0. The molecule has 9 heteroatoms. The van der Waals surface area contributed by atoms with Crippen molar-refractivity contribution >= 4 is 55.4 Å². The molecule has 1 aliphatic carbocycles. The van der Waals surface area contributed by atoms with Crippen molar-refractivity contribution in [1.82, 2.24) is 9.97 Å². The number of carbonyl (C=O) groups excluding carboxylic acids is 1. The smallest absolute Gasteiger partial charge is 0.325 e. The predicted molar refractivity (Wildman–Crippen MR) is 134 cm³/mol. The van der Waals surface area contributed by atoms with E-state index >= 15 is 0 Å². The molecule has 0 fully saturated rings. The van der Waals surface area contributed by atoms with Crippen molar-refractivity contribution < 1.29 is 4.79 Å². The number of urea groups is 1. The Morgan fingerprint density at radius 3 is 2.76 bits per heavy atom. The Kier molecular flexibility index (Phi) is 6.19. The first kappa shape index (κ1) is 21.4. The van der Waals surface area contributed by atoms with Crippen LogP contribution in [0.4, 0.5) is 21.3 Å². The van der Waals surface area contributed by atoms with Gasteiger partial charge in [-0.05, 0) is 43.4 Å². The van der Waals surface area contributed by atoms with Crippen molar-refractivity contribution in [3.8, 4) is 6.07 Å². The van der Waals surface area contributed by atoms with Crippen LogP contribution >= 0.6 is 22.7 Å². The molecule has 0 atom stereocenters. The zero-order chi connectivity index (χ0) is 22.6. The fourth-order valence-corrected chi connectivity index (χ4v) is 6.11. The Morgan fingerprint density at radius 2 is 1.91 bits per heavy atom. The molecule has 4 aromatic rings. The van der Waals surface area contributed by atoms with E-state index in [1.54, 1.807) is 23.7 Å². The number of thiazole rings is 1. The molecule has 0 spiro atoms. The molecule has 2 amide bonds. The maximum Gasteiger partial charge on any atom is 0.325 e. The van der Waals surface area contributed by atoms with E-state index in [0.717, 1.165) is 45.7 Å². The van der Waals surface area contributed by atoms with Crippen molar-refractivity contribution in [2.45, 2.75) is 32.1 Å². The first-order valence-electron chi connectivity index (χ1n) is 10.9. The van der Waals surface area contributed by atoms with Crippen LogP contribution < -0.4 is 16.0 Å². The normalized spacial score (nSPS) is 12.7. The van der Waals surface area contributed by atoms with E-state index in [2.05, 4.69) is 32.0 Å². The number of aryl methyl sites for hydroxylation is 2. The monoisotopic (exact) mass is 474 g/mol. The largest absolute Gasteiger partial charge is 0.383 e. The number of nitrogens with one attached hydrogen (secondary N) is 3. The number of amides is 2. The number of carbonyl (C=O) groups is 1. The van der Waals surface area contributed by atoms with Crippen molar-refractivity contribution in [1.29, 1.82) is 5.26 Å². The SMILES string of the molecule is N#Cc1cnc2sc3c(c2c1NCCc1cnc(NC(=O)Nc2ccccc2)s1)CCCC3. The van der Waals surface area contributed by atoms with E-state index in [9.17, 15) is 10.1 Å². The van der Waals surface area contributed by atoms with Gasteiger partial charge in [-0.3, -0.25) is 5.32 Å². The number of rotatable bonds is 6. The number of nitriles is 1. The molecule has 0 radical (unpaired) electrons.